The van der Waals surface area contributed by atoms with Gasteiger partial charge in [0.2, 0.25) is 0 Å². The molecular weight excluding hydrogens is 240 g/mol. The number of anilines is 1. The van der Waals surface area contributed by atoms with E-state index in [1.807, 2.05) is 30.2 Å². The van der Waals surface area contributed by atoms with Gasteiger partial charge >= 0.3 is 0 Å². The van der Waals surface area contributed by atoms with E-state index in [0.29, 0.717) is 19.1 Å². The summed E-state index contributed by atoms with van der Waals surface area (Å²) in [7, 11) is 0. The van der Waals surface area contributed by atoms with Gasteiger partial charge in [-0.3, -0.25) is 9.48 Å². The fourth-order valence-corrected chi connectivity index (χ4v) is 1.84. The topological polar surface area (TPSA) is 51.9 Å². The average molecular weight is 260 g/mol. The highest BCUT2D eigenvalue weighted by Gasteiger charge is 2.02. The number of nitrogens with one attached hydrogen (secondary N) is 1. The van der Waals surface area contributed by atoms with Gasteiger partial charge in [0.25, 0.3) is 5.56 Å². The standard InChI is InChI=1S/C14H20N4O/c1-4-17-10-13(5-6-14(17)19)15-7-12-8-16-18(9-12)11(2)3/h5-6,8-11,15H,4,7H2,1-3H3. The lowest BCUT2D eigenvalue weighted by Crippen LogP contribution is -2.17. The first-order valence-electron chi connectivity index (χ1n) is 6.57. The molecule has 19 heavy (non-hydrogen) atoms. The van der Waals surface area contributed by atoms with Gasteiger partial charge in [0.05, 0.1) is 11.9 Å². The van der Waals surface area contributed by atoms with Crippen LogP contribution in [-0.4, -0.2) is 14.3 Å². The monoisotopic (exact) mass is 260 g/mol. The minimum Gasteiger partial charge on any atom is -0.380 e. The first-order chi connectivity index (χ1) is 9.10. The molecule has 0 amide bonds. The van der Waals surface area contributed by atoms with Gasteiger partial charge in [0.15, 0.2) is 0 Å². The van der Waals surface area contributed by atoms with Crippen LogP contribution in [0.1, 0.15) is 32.4 Å². The molecule has 0 fully saturated rings. The van der Waals surface area contributed by atoms with Gasteiger partial charge in [-0.25, -0.2) is 0 Å². The number of pyridine rings is 1. The molecule has 0 aliphatic heterocycles. The Kier molecular flexibility index (Phi) is 4.04. The van der Waals surface area contributed by atoms with Crippen molar-refractivity contribution in [2.75, 3.05) is 5.32 Å². The lowest BCUT2D eigenvalue weighted by molar-refractivity contribution is 0.532. The Morgan fingerprint density at radius 3 is 2.74 bits per heavy atom. The molecular formula is C14H20N4O. The molecule has 102 valence electrons. The van der Waals surface area contributed by atoms with Crippen LogP contribution in [0.3, 0.4) is 0 Å². The number of aryl methyl sites for hydroxylation is 1. The molecule has 0 spiro atoms. The van der Waals surface area contributed by atoms with Crippen molar-refractivity contribution < 1.29 is 0 Å². The molecule has 0 radical (unpaired) electrons. The fraction of sp³-hybridized carbons (Fsp3) is 0.429. The van der Waals surface area contributed by atoms with E-state index in [4.69, 9.17) is 0 Å². The molecule has 0 atom stereocenters. The summed E-state index contributed by atoms with van der Waals surface area (Å²) in [6.07, 6.45) is 5.74. The zero-order valence-electron chi connectivity index (χ0n) is 11.6. The zero-order valence-corrected chi connectivity index (χ0v) is 11.6. The third-order valence-corrected chi connectivity index (χ3v) is 3.00. The predicted molar refractivity (Wildman–Crippen MR) is 76.3 cm³/mol. The second-order valence-electron chi connectivity index (χ2n) is 4.82. The summed E-state index contributed by atoms with van der Waals surface area (Å²) in [5, 5.41) is 7.60. The van der Waals surface area contributed by atoms with Crippen molar-refractivity contribution in [1.29, 1.82) is 0 Å². The van der Waals surface area contributed by atoms with E-state index in [9.17, 15) is 4.79 Å². The van der Waals surface area contributed by atoms with E-state index in [0.717, 1.165) is 11.3 Å². The maximum absolute atomic E-state index is 11.5. The van der Waals surface area contributed by atoms with E-state index in [-0.39, 0.29) is 5.56 Å². The molecule has 1 N–H and O–H groups in total. The van der Waals surface area contributed by atoms with Crippen LogP contribution in [0.4, 0.5) is 5.69 Å². The first kappa shape index (κ1) is 13.4. The first-order valence-corrected chi connectivity index (χ1v) is 6.57. The maximum atomic E-state index is 11.5. The zero-order chi connectivity index (χ0) is 13.8. The van der Waals surface area contributed by atoms with E-state index < -0.39 is 0 Å². The van der Waals surface area contributed by atoms with Gasteiger partial charge in [0.1, 0.15) is 0 Å². The minimum atomic E-state index is 0.0284. The lowest BCUT2D eigenvalue weighted by atomic mass is 10.3. The maximum Gasteiger partial charge on any atom is 0.250 e. The van der Waals surface area contributed by atoms with Crippen molar-refractivity contribution in [3.8, 4) is 0 Å². The molecule has 0 bridgehead atoms. The van der Waals surface area contributed by atoms with Gasteiger partial charge in [-0.05, 0) is 26.8 Å². The lowest BCUT2D eigenvalue weighted by Gasteiger charge is -2.08. The molecule has 2 rings (SSSR count). The molecule has 0 unspecified atom stereocenters. The normalized spacial score (nSPS) is 10.9. The summed E-state index contributed by atoms with van der Waals surface area (Å²) in [6.45, 7) is 7.54. The van der Waals surface area contributed by atoms with E-state index >= 15 is 0 Å². The highest BCUT2D eigenvalue weighted by molar-refractivity contribution is 5.40. The molecule has 0 saturated carbocycles. The van der Waals surface area contributed by atoms with Crippen LogP contribution in [0.2, 0.25) is 0 Å². The van der Waals surface area contributed by atoms with Gasteiger partial charge in [-0.15, -0.1) is 0 Å². The SMILES string of the molecule is CCn1cc(NCc2cnn(C(C)C)c2)ccc1=O. The molecule has 0 aliphatic carbocycles. The minimum absolute atomic E-state index is 0.0284. The number of hydrogen-bond donors (Lipinski definition) is 1. The van der Waals surface area contributed by atoms with Crippen molar-refractivity contribution in [2.45, 2.75) is 39.9 Å². The number of hydrogen-bond acceptors (Lipinski definition) is 3. The number of rotatable bonds is 5. The number of aromatic nitrogens is 3. The third-order valence-electron chi connectivity index (χ3n) is 3.00. The van der Waals surface area contributed by atoms with Crippen LogP contribution in [-0.2, 0) is 13.1 Å². The third kappa shape index (κ3) is 3.24. The summed E-state index contributed by atoms with van der Waals surface area (Å²) < 4.78 is 3.61. The second-order valence-corrected chi connectivity index (χ2v) is 4.82. The average Bonchev–Trinajstić information content (AvgIpc) is 2.87. The fourth-order valence-electron chi connectivity index (χ4n) is 1.84. The van der Waals surface area contributed by atoms with Gasteiger partial charge in [0, 0.05) is 43.2 Å². The number of nitrogens with zero attached hydrogens (tertiary/aromatic N) is 3. The van der Waals surface area contributed by atoms with Crippen molar-refractivity contribution in [2.24, 2.45) is 0 Å². The Labute approximate surface area is 112 Å². The summed E-state index contributed by atoms with van der Waals surface area (Å²) in [5.74, 6) is 0. The van der Waals surface area contributed by atoms with Crippen molar-refractivity contribution >= 4 is 5.69 Å². The molecule has 0 aromatic carbocycles. The van der Waals surface area contributed by atoms with Crippen LogP contribution < -0.4 is 10.9 Å². The highest BCUT2D eigenvalue weighted by Crippen LogP contribution is 2.09. The Morgan fingerprint density at radius 1 is 1.32 bits per heavy atom. The Morgan fingerprint density at radius 2 is 2.11 bits per heavy atom. The van der Waals surface area contributed by atoms with Crippen LogP contribution >= 0.6 is 0 Å². The summed E-state index contributed by atoms with van der Waals surface area (Å²) in [4.78, 5) is 11.5. The largest absolute Gasteiger partial charge is 0.380 e. The molecule has 5 nitrogen and oxygen atoms in total. The van der Waals surface area contributed by atoms with Crippen molar-refractivity contribution in [1.82, 2.24) is 14.3 Å². The van der Waals surface area contributed by atoms with Crippen LogP contribution in [0.15, 0.2) is 35.5 Å². The van der Waals surface area contributed by atoms with Crippen molar-refractivity contribution in [3.05, 3.63) is 46.6 Å². The van der Waals surface area contributed by atoms with Gasteiger partial charge in [-0.2, -0.15) is 5.10 Å². The molecule has 2 heterocycles. The van der Waals surface area contributed by atoms with Gasteiger partial charge in [-0.1, -0.05) is 0 Å². The molecule has 5 heteroatoms. The summed E-state index contributed by atoms with van der Waals surface area (Å²) in [5.41, 5.74) is 2.10. The molecule has 2 aromatic rings. The van der Waals surface area contributed by atoms with Crippen molar-refractivity contribution in [3.63, 3.8) is 0 Å². The smallest absolute Gasteiger partial charge is 0.250 e. The Bertz CT molecular complexity index is 597. The quantitative estimate of drug-likeness (QED) is 0.897. The predicted octanol–water partition coefficient (Wildman–Crippen LogP) is 2.26. The Hall–Kier alpha value is -2.04. The van der Waals surface area contributed by atoms with E-state index in [1.54, 1.807) is 16.7 Å². The van der Waals surface area contributed by atoms with E-state index in [2.05, 4.69) is 24.3 Å². The molecule has 0 aliphatic rings. The Balaban J connectivity index is 2.03. The van der Waals surface area contributed by atoms with Gasteiger partial charge < -0.3 is 9.88 Å². The molecule has 2 aromatic heterocycles. The van der Waals surface area contributed by atoms with Crippen LogP contribution in [0, 0.1) is 0 Å². The van der Waals surface area contributed by atoms with E-state index in [1.165, 1.54) is 0 Å². The summed E-state index contributed by atoms with van der Waals surface area (Å²) in [6, 6.07) is 3.76. The van der Waals surface area contributed by atoms with Crippen LogP contribution in [0.5, 0.6) is 0 Å². The summed E-state index contributed by atoms with van der Waals surface area (Å²) >= 11 is 0. The second kappa shape index (κ2) is 5.73. The molecule has 0 saturated heterocycles. The highest BCUT2D eigenvalue weighted by atomic mass is 16.1. The van der Waals surface area contributed by atoms with Crippen LogP contribution in [0.25, 0.3) is 0 Å².